The van der Waals surface area contributed by atoms with Gasteiger partial charge in [-0.15, -0.1) is 0 Å². The quantitative estimate of drug-likeness (QED) is 0.286. The number of ether oxygens (including phenoxy) is 3. The third-order valence-electron chi connectivity index (χ3n) is 11.1. The molecule has 2 aromatic rings. The Morgan fingerprint density at radius 2 is 1.87 bits per heavy atom. The van der Waals surface area contributed by atoms with E-state index in [-0.39, 0.29) is 30.7 Å². The van der Waals surface area contributed by atoms with Gasteiger partial charge >= 0.3 is 11.9 Å². The normalized spacial score (nSPS) is 32.4. The van der Waals surface area contributed by atoms with Gasteiger partial charge in [0.05, 0.1) is 43.1 Å². The minimum absolute atomic E-state index is 0.0177. The van der Waals surface area contributed by atoms with E-state index < -0.39 is 58.0 Å². The van der Waals surface area contributed by atoms with Crippen molar-refractivity contribution in [2.75, 3.05) is 13.7 Å². The molecule has 1 aromatic carbocycles. The minimum atomic E-state index is -3.34. The van der Waals surface area contributed by atoms with E-state index in [0.29, 0.717) is 61.7 Å². The third-order valence-corrected chi connectivity index (χ3v) is 11.1. The Morgan fingerprint density at radius 3 is 2.50 bits per heavy atom. The first-order valence-electron chi connectivity index (χ1n) is 16.5. The van der Waals surface area contributed by atoms with Crippen LogP contribution in [0.4, 0.5) is 8.78 Å². The molecule has 2 saturated carbocycles. The highest BCUT2D eigenvalue weighted by atomic mass is 19.3. The van der Waals surface area contributed by atoms with Crippen LogP contribution in [0.1, 0.15) is 91.7 Å². The molecule has 1 saturated heterocycles. The SMILES string of the molecule is CC[C@@H]1[C@@H]2CN(C(=O)[C@H](C(C)(C)C)CC(=O)O[C@]3(C)C[C@H]3CCCC3(CC3)C(F)(F)c3nc4ccc(OC)cc4nc3O2)[C@@H]1C=O. The van der Waals surface area contributed by atoms with Gasteiger partial charge in [0.15, 0.2) is 5.69 Å². The first-order chi connectivity index (χ1) is 21.7. The largest absolute Gasteiger partial charge is 0.497 e. The van der Waals surface area contributed by atoms with Gasteiger partial charge in [0.1, 0.15) is 23.7 Å². The van der Waals surface area contributed by atoms with Crippen LogP contribution < -0.4 is 9.47 Å². The van der Waals surface area contributed by atoms with Crippen molar-refractivity contribution in [1.29, 1.82) is 0 Å². The number of nitrogens with zero attached hydrogens (tertiary/aromatic N) is 3. The molecule has 9 nitrogen and oxygen atoms in total. The molecule has 2 aliphatic carbocycles. The number of rotatable bonds is 3. The smallest absolute Gasteiger partial charge is 0.307 e. The molecular weight excluding hydrogens is 596 g/mol. The molecule has 250 valence electrons. The van der Waals surface area contributed by atoms with Gasteiger partial charge in [0.2, 0.25) is 11.8 Å². The first-order valence-corrected chi connectivity index (χ1v) is 16.5. The molecular formula is C35H45F2N3O6. The molecule has 1 amide bonds. The number of carbonyl (C=O) groups excluding carboxylic acids is 3. The van der Waals surface area contributed by atoms with Crippen molar-refractivity contribution in [2.24, 2.45) is 28.6 Å². The molecule has 2 aliphatic heterocycles. The Morgan fingerprint density at radius 1 is 1.13 bits per heavy atom. The number of hydrogen-bond acceptors (Lipinski definition) is 8. The van der Waals surface area contributed by atoms with E-state index >= 15 is 8.78 Å². The van der Waals surface area contributed by atoms with E-state index in [4.69, 9.17) is 14.2 Å². The summed E-state index contributed by atoms with van der Waals surface area (Å²) in [4.78, 5) is 50.6. The molecule has 6 rings (SSSR count). The maximum atomic E-state index is 16.8. The second-order valence-corrected chi connectivity index (χ2v) is 15.1. The fourth-order valence-corrected chi connectivity index (χ4v) is 7.72. The lowest BCUT2D eigenvalue weighted by Crippen LogP contribution is -2.46. The van der Waals surface area contributed by atoms with Gasteiger partial charge in [0, 0.05) is 23.3 Å². The summed E-state index contributed by atoms with van der Waals surface area (Å²) in [5.74, 6) is -5.13. The van der Waals surface area contributed by atoms with Crippen LogP contribution in [-0.4, -0.2) is 64.4 Å². The number of aldehydes is 1. The van der Waals surface area contributed by atoms with Crippen molar-refractivity contribution < 1.29 is 37.4 Å². The third kappa shape index (κ3) is 5.61. The highest BCUT2D eigenvalue weighted by Crippen LogP contribution is 2.65. The van der Waals surface area contributed by atoms with E-state index in [1.54, 1.807) is 18.2 Å². The van der Waals surface area contributed by atoms with E-state index in [9.17, 15) is 14.4 Å². The molecule has 1 aromatic heterocycles. The second-order valence-electron chi connectivity index (χ2n) is 15.1. The molecule has 0 unspecified atom stereocenters. The lowest BCUT2D eigenvalue weighted by atomic mass is 9.77. The summed E-state index contributed by atoms with van der Waals surface area (Å²) in [5, 5.41) is 0. The van der Waals surface area contributed by atoms with E-state index in [1.165, 1.54) is 12.0 Å². The lowest BCUT2D eigenvalue weighted by Gasteiger charge is -2.34. The van der Waals surface area contributed by atoms with Gasteiger partial charge in [0.25, 0.3) is 0 Å². The summed E-state index contributed by atoms with van der Waals surface area (Å²) < 4.78 is 51.3. The number of halogens is 2. The van der Waals surface area contributed by atoms with Crippen LogP contribution in [-0.2, 0) is 25.0 Å². The number of fused-ring (bicyclic) bond motifs is 5. The predicted octanol–water partition coefficient (Wildman–Crippen LogP) is 6.25. The number of aromatic nitrogens is 2. The monoisotopic (exact) mass is 641 g/mol. The average molecular weight is 642 g/mol. The summed E-state index contributed by atoms with van der Waals surface area (Å²) in [5.41, 5.74) is -2.44. The predicted molar refractivity (Wildman–Crippen MR) is 165 cm³/mol. The summed E-state index contributed by atoms with van der Waals surface area (Å²) in [6.45, 7) is 9.39. The maximum Gasteiger partial charge on any atom is 0.307 e. The summed E-state index contributed by atoms with van der Waals surface area (Å²) in [6.07, 6.45) is 3.12. The van der Waals surface area contributed by atoms with Gasteiger partial charge in [-0.25, -0.2) is 9.97 Å². The molecule has 3 fully saturated rings. The molecule has 3 heterocycles. The molecule has 0 radical (unpaired) electrons. The molecule has 46 heavy (non-hydrogen) atoms. The van der Waals surface area contributed by atoms with Gasteiger partial charge in [-0.3, -0.25) is 9.59 Å². The van der Waals surface area contributed by atoms with Crippen molar-refractivity contribution in [3.63, 3.8) is 0 Å². The molecule has 2 bridgehead atoms. The van der Waals surface area contributed by atoms with Crippen molar-refractivity contribution in [2.45, 2.75) is 110 Å². The van der Waals surface area contributed by atoms with Crippen LogP contribution in [0.15, 0.2) is 18.2 Å². The topological polar surface area (TPSA) is 108 Å². The molecule has 4 aliphatic rings. The summed E-state index contributed by atoms with van der Waals surface area (Å²) in [6, 6.07) is 4.03. The van der Waals surface area contributed by atoms with Gasteiger partial charge in [-0.2, -0.15) is 8.78 Å². The van der Waals surface area contributed by atoms with Crippen molar-refractivity contribution in [3.05, 3.63) is 23.9 Å². The summed E-state index contributed by atoms with van der Waals surface area (Å²) in [7, 11) is 1.51. The zero-order valence-electron chi connectivity index (χ0n) is 27.6. The lowest BCUT2D eigenvalue weighted by molar-refractivity contribution is -0.158. The number of methoxy groups -OCH3 is 1. The van der Waals surface area contributed by atoms with Crippen LogP contribution in [0.25, 0.3) is 11.0 Å². The molecule has 6 atom stereocenters. The molecule has 0 N–H and O–H groups in total. The number of carbonyl (C=O) groups is 3. The van der Waals surface area contributed by atoms with Gasteiger partial charge in [-0.05, 0) is 63.0 Å². The van der Waals surface area contributed by atoms with Crippen molar-refractivity contribution >= 4 is 29.2 Å². The first kappa shape index (κ1) is 32.6. The van der Waals surface area contributed by atoms with Crippen LogP contribution >= 0.6 is 0 Å². The standard InChI is InChI=1S/C35H45F2N3O6/c1-7-22-26(19-41)40-18-27(22)45-30-29(38-24-11-10-21(44-6)15-25(24)39-30)35(36,37)34(13-14-34)12-8-9-20-17-33(20,5)46-28(42)16-23(31(40)43)32(2,3)4/h10-11,15,19-20,22-23,26-27H,7-9,12-14,16-18H2,1-6H3/t20-,22+,23-,26-,27+,33-/m1/s1. The van der Waals surface area contributed by atoms with Gasteiger partial charge < -0.3 is 23.9 Å². The van der Waals surface area contributed by atoms with Crippen LogP contribution in [0.3, 0.4) is 0 Å². The molecule has 11 heteroatoms. The number of benzene rings is 1. The fourth-order valence-electron chi connectivity index (χ4n) is 7.72. The Labute approximate surface area is 268 Å². The zero-order chi connectivity index (χ0) is 33.2. The minimum Gasteiger partial charge on any atom is -0.497 e. The summed E-state index contributed by atoms with van der Waals surface area (Å²) >= 11 is 0. The van der Waals surface area contributed by atoms with Crippen molar-refractivity contribution in [1.82, 2.24) is 14.9 Å². The van der Waals surface area contributed by atoms with E-state index in [2.05, 4.69) is 9.97 Å². The molecule has 1 spiro atoms. The number of esters is 1. The highest BCUT2D eigenvalue weighted by Gasteiger charge is 2.65. The second kappa shape index (κ2) is 11.4. The zero-order valence-corrected chi connectivity index (χ0v) is 27.6. The van der Waals surface area contributed by atoms with Crippen LogP contribution in [0.2, 0.25) is 0 Å². The Balaban J connectivity index is 1.45. The number of hydrogen-bond donors (Lipinski definition) is 0. The fraction of sp³-hybridized carbons (Fsp3) is 0.686. The Bertz CT molecular complexity index is 1540. The van der Waals surface area contributed by atoms with Crippen LogP contribution in [0.5, 0.6) is 11.6 Å². The van der Waals surface area contributed by atoms with E-state index in [1.807, 2.05) is 34.6 Å². The van der Waals surface area contributed by atoms with E-state index in [0.717, 1.165) is 6.29 Å². The Kier molecular flexibility index (Phi) is 8.07. The average Bonchev–Trinajstić information content (AvgIpc) is 3.89. The number of amides is 1. The Hall–Kier alpha value is -3.37. The highest BCUT2D eigenvalue weighted by molar-refractivity contribution is 5.87. The van der Waals surface area contributed by atoms with Crippen molar-refractivity contribution in [3.8, 4) is 11.6 Å². The number of alkyl halides is 2. The maximum absolute atomic E-state index is 16.8. The van der Waals surface area contributed by atoms with Crippen LogP contribution in [0, 0.1) is 28.6 Å². The van der Waals surface area contributed by atoms with Gasteiger partial charge in [-0.1, -0.05) is 34.1 Å².